The zero-order chi connectivity index (χ0) is 12.3. The summed E-state index contributed by atoms with van der Waals surface area (Å²) in [6.07, 6.45) is 0. The van der Waals surface area contributed by atoms with Crippen LogP contribution in [0.15, 0.2) is 16.8 Å². The monoisotopic (exact) mass is 262 g/mol. The standard InChI is InChI=1S/C10H18N2O2S2/c1-9(2)12(4)16(13,14)11(3)7-10-5-6-15-8-10/h5-6,8-9H,7H2,1-4H3. The number of nitrogens with zero attached hydrogens (tertiary/aromatic N) is 2. The Morgan fingerprint density at radius 3 is 2.44 bits per heavy atom. The Kier molecular flexibility index (Phi) is 4.49. The van der Waals surface area contributed by atoms with E-state index in [1.54, 1.807) is 25.4 Å². The first-order chi connectivity index (χ1) is 7.35. The third-order valence-electron chi connectivity index (χ3n) is 2.47. The molecule has 0 N–H and O–H groups in total. The topological polar surface area (TPSA) is 40.6 Å². The van der Waals surface area contributed by atoms with Crippen molar-refractivity contribution in [2.75, 3.05) is 14.1 Å². The second kappa shape index (κ2) is 5.27. The maximum atomic E-state index is 12.1. The van der Waals surface area contributed by atoms with Crippen molar-refractivity contribution in [3.8, 4) is 0 Å². The van der Waals surface area contributed by atoms with Gasteiger partial charge in [-0.1, -0.05) is 0 Å². The van der Waals surface area contributed by atoms with Gasteiger partial charge in [0.15, 0.2) is 0 Å². The van der Waals surface area contributed by atoms with E-state index in [1.165, 1.54) is 8.61 Å². The van der Waals surface area contributed by atoms with Crippen molar-refractivity contribution in [1.29, 1.82) is 0 Å². The Morgan fingerprint density at radius 1 is 1.38 bits per heavy atom. The van der Waals surface area contributed by atoms with Crippen molar-refractivity contribution in [3.63, 3.8) is 0 Å². The molecule has 1 aromatic heterocycles. The van der Waals surface area contributed by atoms with E-state index in [4.69, 9.17) is 0 Å². The molecule has 1 aromatic rings. The van der Waals surface area contributed by atoms with Gasteiger partial charge in [-0.15, -0.1) is 0 Å². The van der Waals surface area contributed by atoms with E-state index in [-0.39, 0.29) is 6.04 Å². The fourth-order valence-corrected chi connectivity index (χ4v) is 3.15. The minimum atomic E-state index is -3.34. The summed E-state index contributed by atoms with van der Waals surface area (Å²) in [6, 6.07) is 1.90. The van der Waals surface area contributed by atoms with E-state index in [1.807, 2.05) is 30.7 Å². The molecule has 0 fully saturated rings. The van der Waals surface area contributed by atoms with Gasteiger partial charge in [0.25, 0.3) is 10.2 Å². The largest absolute Gasteiger partial charge is 0.282 e. The highest BCUT2D eigenvalue weighted by molar-refractivity contribution is 7.86. The quantitative estimate of drug-likeness (QED) is 0.811. The predicted octanol–water partition coefficient (Wildman–Crippen LogP) is 1.76. The first kappa shape index (κ1) is 13.6. The molecule has 0 saturated heterocycles. The van der Waals surface area contributed by atoms with Crippen molar-refractivity contribution in [1.82, 2.24) is 8.61 Å². The average Bonchev–Trinajstić information content (AvgIpc) is 2.68. The lowest BCUT2D eigenvalue weighted by Crippen LogP contribution is -2.42. The lowest BCUT2D eigenvalue weighted by molar-refractivity contribution is 0.355. The number of hydrogen-bond donors (Lipinski definition) is 0. The van der Waals surface area contributed by atoms with Crippen LogP contribution in [0.2, 0.25) is 0 Å². The van der Waals surface area contributed by atoms with Crippen molar-refractivity contribution < 1.29 is 8.42 Å². The molecular formula is C10H18N2O2S2. The van der Waals surface area contributed by atoms with Gasteiger partial charge in [-0.25, -0.2) is 0 Å². The van der Waals surface area contributed by atoms with Crippen molar-refractivity contribution in [2.45, 2.75) is 26.4 Å². The summed E-state index contributed by atoms with van der Waals surface area (Å²) in [5, 5.41) is 3.91. The molecule has 0 amide bonds. The molecule has 0 bridgehead atoms. The summed E-state index contributed by atoms with van der Waals surface area (Å²) in [7, 11) is -0.139. The molecule has 0 unspecified atom stereocenters. The van der Waals surface area contributed by atoms with Gasteiger partial charge in [-0.3, -0.25) is 0 Å². The Bertz CT molecular complexity index is 412. The van der Waals surface area contributed by atoms with Gasteiger partial charge in [0, 0.05) is 26.7 Å². The number of hydrogen-bond acceptors (Lipinski definition) is 3. The van der Waals surface area contributed by atoms with Crippen LogP contribution in [-0.4, -0.2) is 37.2 Å². The van der Waals surface area contributed by atoms with E-state index in [2.05, 4.69) is 0 Å². The van der Waals surface area contributed by atoms with Gasteiger partial charge in [-0.05, 0) is 36.2 Å². The molecule has 0 aliphatic carbocycles. The zero-order valence-electron chi connectivity index (χ0n) is 10.0. The minimum absolute atomic E-state index is 0.0325. The second-order valence-corrected chi connectivity index (χ2v) is 6.88. The van der Waals surface area contributed by atoms with Crippen LogP contribution in [-0.2, 0) is 16.8 Å². The fourth-order valence-electron chi connectivity index (χ4n) is 1.21. The van der Waals surface area contributed by atoms with Gasteiger partial charge in [-0.2, -0.15) is 28.4 Å². The molecule has 0 atom stereocenters. The highest BCUT2D eigenvalue weighted by Crippen LogP contribution is 2.14. The van der Waals surface area contributed by atoms with Crippen LogP contribution in [0, 0.1) is 0 Å². The van der Waals surface area contributed by atoms with Crippen LogP contribution < -0.4 is 0 Å². The normalized spacial score (nSPS) is 12.9. The van der Waals surface area contributed by atoms with Crippen molar-refractivity contribution in [2.24, 2.45) is 0 Å². The maximum Gasteiger partial charge on any atom is 0.282 e. The molecule has 0 aromatic carbocycles. The van der Waals surface area contributed by atoms with Crippen molar-refractivity contribution in [3.05, 3.63) is 22.4 Å². The summed E-state index contributed by atoms with van der Waals surface area (Å²) < 4.78 is 26.9. The molecule has 0 radical (unpaired) electrons. The summed E-state index contributed by atoms with van der Waals surface area (Å²) in [5.74, 6) is 0. The highest BCUT2D eigenvalue weighted by Gasteiger charge is 2.25. The summed E-state index contributed by atoms with van der Waals surface area (Å²) in [4.78, 5) is 0. The Balaban J connectivity index is 2.77. The van der Waals surface area contributed by atoms with E-state index >= 15 is 0 Å². The zero-order valence-corrected chi connectivity index (χ0v) is 11.7. The molecule has 0 aliphatic rings. The lowest BCUT2D eigenvalue weighted by atomic mass is 10.3. The maximum absolute atomic E-state index is 12.1. The molecule has 0 aliphatic heterocycles. The molecule has 6 heteroatoms. The smallest absolute Gasteiger partial charge is 0.195 e. The van der Waals surface area contributed by atoms with E-state index in [0.717, 1.165) is 5.56 Å². The lowest BCUT2D eigenvalue weighted by Gasteiger charge is -2.26. The Labute approximate surface area is 102 Å². The molecule has 0 saturated carbocycles. The molecule has 16 heavy (non-hydrogen) atoms. The van der Waals surface area contributed by atoms with Crippen LogP contribution in [0.1, 0.15) is 19.4 Å². The van der Waals surface area contributed by atoms with Gasteiger partial charge >= 0.3 is 0 Å². The minimum Gasteiger partial charge on any atom is -0.195 e. The van der Waals surface area contributed by atoms with E-state index in [9.17, 15) is 8.42 Å². The van der Waals surface area contributed by atoms with E-state index < -0.39 is 10.2 Å². The van der Waals surface area contributed by atoms with Gasteiger partial charge < -0.3 is 0 Å². The second-order valence-electron chi connectivity index (χ2n) is 4.01. The first-order valence-corrected chi connectivity index (χ1v) is 7.40. The molecule has 92 valence electrons. The summed E-state index contributed by atoms with van der Waals surface area (Å²) in [6.45, 7) is 4.13. The van der Waals surface area contributed by atoms with Gasteiger partial charge in [0.1, 0.15) is 0 Å². The van der Waals surface area contributed by atoms with Crippen LogP contribution in [0.4, 0.5) is 0 Å². The Hall–Kier alpha value is -0.430. The van der Waals surface area contributed by atoms with Crippen LogP contribution >= 0.6 is 11.3 Å². The predicted molar refractivity (Wildman–Crippen MR) is 67.6 cm³/mol. The van der Waals surface area contributed by atoms with Crippen LogP contribution in [0.3, 0.4) is 0 Å². The SMILES string of the molecule is CC(C)N(C)S(=O)(=O)N(C)Cc1ccsc1. The summed E-state index contributed by atoms with van der Waals surface area (Å²) in [5.41, 5.74) is 1.02. The molecule has 4 nitrogen and oxygen atoms in total. The highest BCUT2D eigenvalue weighted by atomic mass is 32.2. The van der Waals surface area contributed by atoms with Crippen LogP contribution in [0.25, 0.3) is 0 Å². The number of thiophene rings is 1. The third kappa shape index (κ3) is 3.04. The molecule has 1 rings (SSSR count). The van der Waals surface area contributed by atoms with Crippen molar-refractivity contribution >= 4 is 21.5 Å². The Morgan fingerprint density at radius 2 is 2.00 bits per heavy atom. The first-order valence-electron chi connectivity index (χ1n) is 5.06. The number of rotatable bonds is 5. The van der Waals surface area contributed by atoms with Gasteiger partial charge in [0.2, 0.25) is 0 Å². The molecular weight excluding hydrogens is 244 g/mol. The molecule has 1 heterocycles. The third-order valence-corrected chi connectivity index (χ3v) is 5.27. The van der Waals surface area contributed by atoms with Crippen LogP contribution in [0.5, 0.6) is 0 Å². The summed E-state index contributed by atoms with van der Waals surface area (Å²) >= 11 is 1.57. The molecule has 0 spiro atoms. The van der Waals surface area contributed by atoms with E-state index in [0.29, 0.717) is 6.54 Å². The average molecular weight is 262 g/mol. The fraction of sp³-hybridized carbons (Fsp3) is 0.600. The van der Waals surface area contributed by atoms with Gasteiger partial charge in [0.05, 0.1) is 0 Å².